The molecule has 0 aliphatic carbocycles. The minimum Gasteiger partial charge on any atom is -0.482 e. The van der Waals surface area contributed by atoms with E-state index in [2.05, 4.69) is 0 Å². The second-order valence-corrected chi connectivity index (χ2v) is 7.00. The highest BCUT2D eigenvalue weighted by Crippen LogP contribution is 2.27. The van der Waals surface area contributed by atoms with E-state index in [-0.39, 0.29) is 15.7 Å². The molecule has 6 nitrogen and oxygen atoms in total. The van der Waals surface area contributed by atoms with E-state index < -0.39 is 28.4 Å². The fraction of sp³-hybridized carbons (Fsp3) is 0.0714. The molecule has 0 aliphatic rings. The van der Waals surface area contributed by atoms with Crippen LogP contribution in [0.4, 0.5) is 4.39 Å². The first-order valence-electron chi connectivity index (χ1n) is 6.42. The lowest BCUT2D eigenvalue weighted by Gasteiger charge is -2.10. The molecule has 1 amide bonds. The number of ether oxygens (including phenoxy) is 1. The van der Waals surface area contributed by atoms with Crippen LogP contribution in [-0.4, -0.2) is 20.9 Å². The first-order valence-corrected chi connectivity index (χ1v) is 8.66. The summed E-state index contributed by atoms with van der Waals surface area (Å²) in [6.45, 7) is -0.493. The van der Waals surface area contributed by atoms with Crippen LogP contribution in [0.5, 0.6) is 5.75 Å². The maximum atomic E-state index is 13.0. The maximum absolute atomic E-state index is 13.0. The molecule has 128 valence electrons. The van der Waals surface area contributed by atoms with Gasteiger partial charge in [-0.3, -0.25) is 10.2 Å². The number of benzene rings is 2. The molecule has 2 aromatic carbocycles. The molecule has 2 aromatic rings. The molecule has 0 aromatic heterocycles. The van der Waals surface area contributed by atoms with Gasteiger partial charge in [-0.15, -0.1) is 4.83 Å². The number of hydrazine groups is 1. The van der Waals surface area contributed by atoms with Crippen LogP contribution in [0.3, 0.4) is 0 Å². The molecule has 10 heteroatoms. The second kappa shape index (κ2) is 7.80. The van der Waals surface area contributed by atoms with Crippen LogP contribution in [0.2, 0.25) is 10.0 Å². The number of rotatable bonds is 6. The fourth-order valence-corrected chi connectivity index (χ4v) is 2.94. The van der Waals surface area contributed by atoms with Crippen molar-refractivity contribution in [3.63, 3.8) is 0 Å². The largest absolute Gasteiger partial charge is 0.482 e. The van der Waals surface area contributed by atoms with Gasteiger partial charge in [0.1, 0.15) is 11.6 Å². The molecule has 0 spiro atoms. The molecule has 2 rings (SSSR count). The van der Waals surface area contributed by atoms with E-state index in [0.29, 0.717) is 5.02 Å². The van der Waals surface area contributed by atoms with Gasteiger partial charge in [-0.2, -0.15) is 0 Å². The number of carbonyl (C=O) groups excluding carboxylic acids is 1. The summed E-state index contributed by atoms with van der Waals surface area (Å²) in [5, 5.41) is 0.607. The number of hydrogen-bond acceptors (Lipinski definition) is 4. The van der Waals surface area contributed by atoms with E-state index in [4.69, 9.17) is 27.9 Å². The van der Waals surface area contributed by atoms with E-state index in [9.17, 15) is 17.6 Å². The highest BCUT2D eigenvalue weighted by Gasteiger charge is 2.16. The van der Waals surface area contributed by atoms with Gasteiger partial charge in [0.15, 0.2) is 6.61 Å². The molecule has 0 heterocycles. The van der Waals surface area contributed by atoms with Crippen molar-refractivity contribution < 1.29 is 22.3 Å². The highest BCUT2D eigenvalue weighted by atomic mass is 35.5. The Morgan fingerprint density at radius 2 is 1.92 bits per heavy atom. The topological polar surface area (TPSA) is 84.5 Å². The smallest absolute Gasteiger partial charge is 0.272 e. The van der Waals surface area contributed by atoms with Crippen LogP contribution in [-0.2, 0) is 14.8 Å². The Labute approximate surface area is 147 Å². The first-order chi connectivity index (χ1) is 11.3. The van der Waals surface area contributed by atoms with Gasteiger partial charge >= 0.3 is 0 Å². The van der Waals surface area contributed by atoms with Crippen molar-refractivity contribution in [2.24, 2.45) is 0 Å². The monoisotopic (exact) mass is 392 g/mol. The summed E-state index contributed by atoms with van der Waals surface area (Å²) >= 11 is 11.6. The third kappa shape index (κ3) is 5.07. The Hall–Kier alpha value is -1.87. The molecule has 0 radical (unpaired) electrons. The maximum Gasteiger partial charge on any atom is 0.272 e. The van der Waals surface area contributed by atoms with Crippen molar-refractivity contribution >= 4 is 39.1 Å². The Kier molecular flexibility index (Phi) is 6.00. The number of amides is 1. The highest BCUT2D eigenvalue weighted by molar-refractivity contribution is 7.89. The molecule has 0 fully saturated rings. The third-order valence-corrected chi connectivity index (χ3v) is 4.46. The number of nitrogens with one attached hydrogen (secondary N) is 2. The summed E-state index contributed by atoms with van der Waals surface area (Å²) in [7, 11) is -4.10. The van der Waals surface area contributed by atoms with Crippen LogP contribution >= 0.6 is 23.2 Å². The normalized spacial score (nSPS) is 11.1. The molecule has 0 aliphatic heterocycles. The number of halogens is 3. The predicted octanol–water partition coefficient (Wildman–Crippen LogP) is 2.52. The summed E-state index contributed by atoms with van der Waals surface area (Å²) < 4.78 is 42.0. The summed E-state index contributed by atoms with van der Waals surface area (Å²) in [4.78, 5) is 13.1. The van der Waals surface area contributed by atoms with E-state index >= 15 is 0 Å². The van der Waals surface area contributed by atoms with E-state index in [1.54, 1.807) is 0 Å². The minimum absolute atomic E-state index is 0.204. The van der Waals surface area contributed by atoms with Gasteiger partial charge in [0.05, 0.1) is 9.92 Å². The van der Waals surface area contributed by atoms with Crippen molar-refractivity contribution in [2.45, 2.75) is 4.90 Å². The van der Waals surface area contributed by atoms with Crippen LogP contribution < -0.4 is 15.0 Å². The predicted molar refractivity (Wildman–Crippen MR) is 86.8 cm³/mol. The summed E-state index contributed by atoms with van der Waals surface area (Å²) in [6.07, 6.45) is 0. The van der Waals surface area contributed by atoms with Crippen LogP contribution in [0.25, 0.3) is 0 Å². The van der Waals surface area contributed by atoms with Crippen molar-refractivity contribution in [1.29, 1.82) is 0 Å². The minimum atomic E-state index is -4.10. The van der Waals surface area contributed by atoms with Crippen LogP contribution in [0, 0.1) is 5.82 Å². The quantitative estimate of drug-likeness (QED) is 0.739. The average molecular weight is 393 g/mol. The SMILES string of the molecule is O=C(COc1ccc(Cl)cc1Cl)NNS(=O)(=O)c1cccc(F)c1. The Morgan fingerprint density at radius 1 is 1.17 bits per heavy atom. The summed E-state index contributed by atoms with van der Waals surface area (Å²) in [6, 6.07) is 8.75. The third-order valence-electron chi connectivity index (χ3n) is 2.68. The molecule has 24 heavy (non-hydrogen) atoms. The zero-order valence-corrected chi connectivity index (χ0v) is 14.3. The molecule has 0 bridgehead atoms. The lowest BCUT2D eigenvalue weighted by atomic mass is 10.3. The molecule has 0 atom stereocenters. The van der Waals surface area contributed by atoms with Crippen molar-refractivity contribution in [3.05, 3.63) is 58.3 Å². The zero-order valence-electron chi connectivity index (χ0n) is 11.9. The Bertz CT molecular complexity index is 862. The number of carbonyl (C=O) groups is 1. The Morgan fingerprint density at radius 3 is 2.58 bits per heavy atom. The van der Waals surface area contributed by atoms with Gasteiger partial charge < -0.3 is 4.74 Å². The zero-order chi connectivity index (χ0) is 17.7. The van der Waals surface area contributed by atoms with E-state index in [1.807, 2.05) is 10.3 Å². The van der Waals surface area contributed by atoms with Gasteiger partial charge in [-0.25, -0.2) is 12.8 Å². The van der Waals surface area contributed by atoms with E-state index in [1.165, 1.54) is 30.3 Å². The first kappa shape index (κ1) is 18.5. The molecule has 0 unspecified atom stereocenters. The van der Waals surface area contributed by atoms with Crippen molar-refractivity contribution in [2.75, 3.05) is 6.61 Å². The summed E-state index contributed by atoms with van der Waals surface area (Å²) in [5.41, 5.74) is 1.95. The van der Waals surface area contributed by atoms with Crippen LogP contribution in [0.15, 0.2) is 47.4 Å². The molecule has 2 N–H and O–H groups in total. The second-order valence-electron chi connectivity index (χ2n) is 4.47. The fourth-order valence-electron chi connectivity index (χ4n) is 1.59. The van der Waals surface area contributed by atoms with Gasteiger partial charge in [0.25, 0.3) is 15.9 Å². The van der Waals surface area contributed by atoms with Crippen molar-refractivity contribution in [3.8, 4) is 5.75 Å². The van der Waals surface area contributed by atoms with Crippen molar-refractivity contribution in [1.82, 2.24) is 10.3 Å². The molecule has 0 saturated carbocycles. The number of sulfonamides is 1. The molecular weight excluding hydrogens is 382 g/mol. The van der Waals surface area contributed by atoms with Crippen LogP contribution in [0.1, 0.15) is 0 Å². The van der Waals surface area contributed by atoms with E-state index in [0.717, 1.165) is 12.1 Å². The average Bonchev–Trinajstić information content (AvgIpc) is 2.52. The van der Waals surface area contributed by atoms with Gasteiger partial charge in [0.2, 0.25) is 0 Å². The lowest BCUT2D eigenvalue weighted by Crippen LogP contribution is -2.43. The van der Waals surface area contributed by atoms with Gasteiger partial charge in [-0.05, 0) is 36.4 Å². The van der Waals surface area contributed by atoms with Gasteiger partial charge in [-0.1, -0.05) is 29.3 Å². The number of hydrogen-bond donors (Lipinski definition) is 2. The Balaban J connectivity index is 1.91. The molecule has 0 saturated heterocycles. The molecular formula is C14H11Cl2FN2O4S. The standard InChI is InChI=1S/C14H11Cl2FN2O4S/c15-9-4-5-13(12(16)6-9)23-8-14(20)18-19-24(21,22)11-3-1-2-10(17)7-11/h1-7,19H,8H2,(H,18,20). The van der Waals surface area contributed by atoms with Gasteiger partial charge in [0, 0.05) is 5.02 Å². The summed E-state index contributed by atoms with van der Waals surface area (Å²) in [5.74, 6) is -1.28. The lowest BCUT2D eigenvalue weighted by molar-refractivity contribution is -0.123.